The number of nitrogens with two attached hydrogens (primary N) is 1. The van der Waals surface area contributed by atoms with Crippen LogP contribution in [0.5, 0.6) is 0 Å². The lowest BCUT2D eigenvalue weighted by atomic mass is 9.98. The Morgan fingerprint density at radius 2 is 2.03 bits per heavy atom. The van der Waals surface area contributed by atoms with Gasteiger partial charge in [0, 0.05) is 44.1 Å². The van der Waals surface area contributed by atoms with Gasteiger partial charge in [-0.3, -0.25) is 9.59 Å². The second-order valence-electron chi connectivity index (χ2n) is 8.02. The molecular formula is C19H25F4N5O2. The van der Waals surface area contributed by atoms with Crippen LogP contribution < -0.4 is 5.73 Å². The van der Waals surface area contributed by atoms with Crippen LogP contribution in [0.2, 0.25) is 0 Å². The first-order chi connectivity index (χ1) is 14.1. The minimum atomic E-state index is -4.72. The van der Waals surface area contributed by atoms with Crippen LogP contribution in [0, 0.1) is 5.92 Å². The summed E-state index contributed by atoms with van der Waals surface area (Å²) < 4.78 is 52.7. The van der Waals surface area contributed by atoms with Crippen LogP contribution >= 0.6 is 0 Å². The maximum atomic E-state index is 13.3. The predicted octanol–water partition coefficient (Wildman–Crippen LogP) is 1.83. The van der Waals surface area contributed by atoms with Crippen LogP contribution in [0.3, 0.4) is 0 Å². The summed E-state index contributed by atoms with van der Waals surface area (Å²) in [7, 11) is 0. The average molecular weight is 431 g/mol. The van der Waals surface area contributed by atoms with E-state index < -0.39 is 30.4 Å². The quantitative estimate of drug-likeness (QED) is 0.718. The van der Waals surface area contributed by atoms with E-state index in [4.69, 9.17) is 5.73 Å². The summed E-state index contributed by atoms with van der Waals surface area (Å²) in [5.41, 5.74) is 4.85. The van der Waals surface area contributed by atoms with Crippen LogP contribution in [-0.4, -0.2) is 57.3 Å². The van der Waals surface area contributed by atoms with Crippen molar-refractivity contribution in [2.45, 2.75) is 58.0 Å². The van der Waals surface area contributed by atoms with Gasteiger partial charge in [-0.05, 0) is 18.8 Å². The number of aromatic nitrogens is 2. The van der Waals surface area contributed by atoms with Gasteiger partial charge in [0.05, 0.1) is 12.2 Å². The van der Waals surface area contributed by atoms with Crippen LogP contribution in [0.1, 0.15) is 49.0 Å². The largest absolute Gasteiger partial charge is 0.433 e. The Morgan fingerprint density at radius 1 is 1.30 bits per heavy atom. The number of halogens is 4. The lowest BCUT2D eigenvalue weighted by Crippen LogP contribution is -2.48. The van der Waals surface area contributed by atoms with Gasteiger partial charge in [0.25, 0.3) is 0 Å². The fraction of sp³-hybridized carbons (Fsp3) is 0.684. The molecule has 0 aromatic carbocycles. The summed E-state index contributed by atoms with van der Waals surface area (Å²) >= 11 is 0. The van der Waals surface area contributed by atoms with E-state index in [0.29, 0.717) is 18.9 Å². The van der Waals surface area contributed by atoms with Gasteiger partial charge in [0.1, 0.15) is 6.67 Å². The summed E-state index contributed by atoms with van der Waals surface area (Å²) in [4.78, 5) is 34.9. The first-order valence-corrected chi connectivity index (χ1v) is 9.91. The molecule has 0 saturated carbocycles. The van der Waals surface area contributed by atoms with Crippen molar-refractivity contribution in [3.05, 3.63) is 22.8 Å². The molecule has 2 atom stereocenters. The van der Waals surface area contributed by atoms with E-state index in [0.717, 1.165) is 6.42 Å². The molecule has 0 radical (unpaired) electrons. The zero-order valence-corrected chi connectivity index (χ0v) is 16.7. The van der Waals surface area contributed by atoms with Crippen molar-refractivity contribution < 1.29 is 27.2 Å². The summed E-state index contributed by atoms with van der Waals surface area (Å²) in [5, 5.41) is 0. The van der Waals surface area contributed by atoms with Gasteiger partial charge >= 0.3 is 6.18 Å². The first-order valence-electron chi connectivity index (χ1n) is 9.91. The Hall–Kier alpha value is -2.30. The van der Waals surface area contributed by atoms with Gasteiger partial charge < -0.3 is 15.5 Å². The monoisotopic (exact) mass is 431 g/mol. The summed E-state index contributed by atoms with van der Waals surface area (Å²) in [6.07, 6.45) is -3.54. The molecule has 0 bridgehead atoms. The number of alkyl halides is 4. The van der Waals surface area contributed by atoms with E-state index >= 15 is 0 Å². The van der Waals surface area contributed by atoms with E-state index in [1.165, 1.54) is 4.90 Å². The van der Waals surface area contributed by atoms with Gasteiger partial charge in [-0.25, -0.2) is 14.4 Å². The lowest BCUT2D eigenvalue weighted by Gasteiger charge is -2.34. The highest BCUT2D eigenvalue weighted by Crippen LogP contribution is 2.34. The van der Waals surface area contributed by atoms with Crippen molar-refractivity contribution in [3.63, 3.8) is 0 Å². The highest BCUT2D eigenvalue weighted by molar-refractivity contribution is 5.78. The molecule has 1 aromatic rings. The number of hydrogen-bond donors (Lipinski definition) is 1. The van der Waals surface area contributed by atoms with Crippen molar-refractivity contribution in [3.8, 4) is 0 Å². The molecule has 1 saturated heterocycles. The van der Waals surface area contributed by atoms with Crippen molar-refractivity contribution in [1.82, 2.24) is 19.8 Å². The fourth-order valence-corrected chi connectivity index (χ4v) is 3.96. The molecule has 2 aliphatic heterocycles. The molecule has 166 valence electrons. The molecule has 1 fully saturated rings. The number of fused-ring (bicyclic) bond motifs is 1. The predicted molar refractivity (Wildman–Crippen MR) is 98.5 cm³/mol. The molecule has 11 heteroatoms. The molecule has 7 nitrogen and oxygen atoms in total. The van der Waals surface area contributed by atoms with Crippen molar-refractivity contribution in [1.29, 1.82) is 0 Å². The number of hydrogen-bond acceptors (Lipinski definition) is 5. The van der Waals surface area contributed by atoms with E-state index in [1.54, 1.807) is 4.90 Å². The maximum absolute atomic E-state index is 13.3. The molecule has 1 unspecified atom stereocenters. The van der Waals surface area contributed by atoms with Crippen LogP contribution in [-0.2, 0) is 35.4 Å². The van der Waals surface area contributed by atoms with Gasteiger partial charge in [0.15, 0.2) is 11.5 Å². The number of carbonyl (C=O) groups is 2. The minimum absolute atomic E-state index is 0.0121. The smallest absolute Gasteiger partial charge is 0.341 e. The summed E-state index contributed by atoms with van der Waals surface area (Å²) in [6, 6.07) is -0.578. The zero-order chi connectivity index (χ0) is 22.1. The summed E-state index contributed by atoms with van der Waals surface area (Å²) in [6.45, 7) is 1.59. The summed E-state index contributed by atoms with van der Waals surface area (Å²) in [5.74, 6) is -0.501. The second kappa shape index (κ2) is 8.83. The average Bonchev–Trinajstić information content (AvgIpc) is 2.68. The van der Waals surface area contributed by atoms with Gasteiger partial charge in [-0.1, -0.05) is 6.92 Å². The third-order valence-corrected chi connectivity index (χ3v) is 5.48. The zero-order valence-electron chi connectivity index (χ0n) is 16.7. The van der Waals surface area contributed by atoms with E-state index in [2.05, 4.69) is 9.97 Å². The molecule has 2 aliphatic rings. The van der Waals surface area contributed by atoms with E-state index in [1.807, 2.05) is 6.92 Å². The third-order valence-electron chi connectivity index (χ3n) is 5.48. The molecule has 1 aromatic heterocycles. The SMILES string of the molecule is CC1CCC(=O)N(C[C@H](N)CC(=O)N2CCc3c(nc(CF)nc3C(F)(F)F)C2)C1. The Morgan fingerprint density at radius 3 is 2.70 bits per heavy atom. The number of carbonyl (C=O) groups excluding carboxylic acids is 2. The second-order valence-corrected chi connectivity index (χ2v) is 8.02. The van der Waals surface area contributed by atoms with Gasteiger partial charge in [0.2, 0.25) is 11.8 Å². The number of likely N-dealkylation sites (tertiary alicyclic amines) is 1. The Bertz CT molecular complexity index is 817. The van der Waals surface area contributed by atoms with Crippen LogP contribution in [0.15, 0.2) is 0 Å². The van der Waals surface area contributed by atoms with Crippen LogP contribution in [0.4, 0.5) is 17.6 Å². The Balaban J connectivity index is 1.66. The normalized spacial score (nSPS) is 20.9. The van der Waals surface area contributed by atoms with E-state index in [9.17, 15) is 27.2 Å². The maximum Gasteiger partial charge on any atom is 0.433 e. The molecule has 2 N–H and O–H groups in total. The molecule has 0 spiro atoms. The van der Waals surface area contributed by atoms with Crippen molar-refractivity contribution in [2.24, 2.45) is 11.7 Å². The topological polar surface area (TPSA) is 92.4 Å². The number of amides is 2. The van der Waals surface area contributed by atoms with Crippen LogP contribution in [0.25, 0.3) is 0 Å². The highest BCUT2D eigenvalue weighted by Gasteiger charge is 2.39. The van der Waals surface area contributed by atoms with E-state index in [-0.39, 0.29) is 55.5 Å². The van der Waals surface area contributed by atoms with Crippen molar-refractivity contribution >= 4 is 11.8 Å². The molecule has 3 heterocycles. The first kappa shape index (κ1) is 22.4. The third kappa shape index (κ3) is 5.05. The number of piperidine rings is 1. The molecule has 2 amide bonds. The Labute approximate surface area is 171 Å². The van der Waals surface area contributed by atoms with Gasteiger partial charge in [-0.2, -0.15) is 13.2 Å². The van der Waals surface area contributed by atoms with Gasteiger partial charge in [-0.15, -0.1) is 0 Å². The van der Waals surface area contributed by atoms with Crippen molar-refractivity contribution in [2.75, 3.05) is 19.6 Å². The molecule has 30 heavy (non-hydrogen) atoms. The molecule has 3 rings (SSSR count). The lowest BCUT2D eigenvalue weighted by molar-refractivity contribution is -0.142. The molecule has 0 aliphatic carbocycles. The highest BCUT2D eigenvalue weighted by atomic mass is 19.4. The minimum Gasteiger partial charge on any atom is -0.341 e. The molecular weight excluding hydrogens is 406 g/mol. The standard InChI is InChI=1S/C19H25F4N5O2/c1-11-2-3-16(29)28(8-11)9-12(24)6-17(30)27-5-4-13-14(10-27)25-15(7-20)26-18(13)19(21,22)23/h11-12H,2-10,24H2,1H3/t11?,12-/m1/s1. The number of nitrogens with zero attached hydrogens (tertiary/aromatic N) is 4. The fourth-order valence-electron chi connectivity index (χ4n) is 3.96. The Kier molecular flexibility index (Phi) is 6.59. The number of rotatable bonds is 5.